The number of hydrogen-bond donors (Lipinski definition) is 0. The summed E-state index contributed by atoms with van der Waals surface area (Å²) in [6.07, 6.45) is 0. The Morgan fingerprint density at radius 2 is 1.33 bits per heavy atom. The van der Waals surface area contributed by atoms with Crippen molar-refractivity contribution < 1.29 is 8.78 Å². The molecule has 0 aliphatic heterocycles. The third kappa shape index (κ3) is 4.28. The third-order valence-corrected chi connectivity index (χ3v) is 2.78. The molecule has 0 nitrogen and oxygen atoms in total. The molecule has 0 heterocycles. The molecule has 0 aliphatic rings. The Bertz CT molecular complexity index is 481. The topological polar surface area (TPSA) is 0 Å². The summed E-state index contributed by atoms with van der Waals surface area (Å²) < 4.78 is 24.5. The fourth-order valence-electron chi connectivity index (χ4n) is 1.50. The molecule has 0 atom stereocenters. The molecule has 0 spiro atoms. The summed E-state index contributed by atoms with van der Waals surface area (Å²) in [5, 5.41) is 0. The van der Waals surface area contributed by atoms with Gasteiger partial charge in [0.2, 0.25) is 0 Å². The van der Waals surface area contributed by atoms with E-state index in [9.17, 15) is 8.78 Å². The van der Waals surface area contributed by atoms with Gasteiger partial charge in [-0.2, -0.15) is 0 Å². The summed E-state index contributed by atoms with van der Waals surface area (Å²) in [5.74, 6) is -0.759. The molecule has 96 valence electrons. The van der Waals surface area contributed by atoms with E-state index in [0.29, 0.717) is 5.56 Å². The highest BCUT2D eigenvalue weighted by molar-refractivity contribution is 5.28. The third-order valence-electron chi connectivity index (χ3n) is 2.78. The predicted molar refractivity (Wildman–Crippen MR) is 71.7 cm³/mol. The van der Waals surface area contributed by atoms with Crippen molar-refractivity contribution in [3.63, 3.8) is 0 Å². The van der Waals surface area contributed by atoms with Gasteiger partial charge in [0.25, 0.3) is 0 Å². The van der Waals surface area contributed by atoms with E-state index >= 15 is 0 Å². The Labute approximate surface area is 107 Å². The number of halogens is 2. The van der Waals surface area contributed by atoms with Gasteiger partial charge in [0.15, 0.2) is 0 Å². The lowest BCUT2D eigenvalue weighted by atomic mass is 10.1. The van der Waals surface area contributed by atoms with E-state index < -0.39 is 5.82 Å². The van der Waals surface area contributed by atoms with Crippen molar-refractivity contribution in [1.29, 1.82) is 0 Å². The van der Waals surface area contributed by atoms with Gasteiger partial charge in [-0.1, -0.05) is 23.8 Å². The molecule has 2 rings (SSSR count). The summed E-state index contributed by atoms with van der Waals surface area (Å²) in [6.45, 7) is 7.92. The molecule has 18 heavy (non-hydrogen) atoms. The molecule has 2 heteroatoms. The van der Waals surface area contributed by atoms with Crippen molar-refractivity contribution in [1.82, 2.24) is 0 Å². The summed E-state index contributed by atoms with van der Waals surface area (Å²) in [4.78, 5) is 0. The molecule has 0 amide bonds. The molecule has 2 aromatic rings. The van der Waals surface area contributed by atoms with Crippen molar-refractivity contribution in [2.75, 3.05) is 0 Å². The summed E-state index contributed by atoms with van der Waals surface area (Å²) in [5.41, 5.74) is 4.45. The maximum absolute atomic E-state index is 12.3. The minimum atomic E-state index is -0.395. The zero-order valence-corrected chi connectivity index (χ0v) is 11.2. The Morgan fingerprint density at radius 1 is 0.667 bits per heavy atom. The van der Waals surface area contributed by atoms with Crippen LogP contribution in [0.5, 0.6) is 0 Å². The Balaban J connectivity index is 0.000000180. The largest absolute Gasteiger partial charge is 0.207 e. The van der Waals surface area contributed by atoms with Crippen LogP contribution in [0, 0.1) is 39.3 Å². The van der Waals surface area contributed by atoms with Crippen molar-refractivity contribution in [3.05, 3.63) is 70.3 Å². The highest BCUT2D eigenvalue weighted by atomic mass is 19.1. The van der Waals surface area contributed by atoms with Gasteiger partial charge >= 0.3 is 0 Å². The molecule has 0 fully saturated rings. The molecule has 0 radical (unpaired) electrons. The molecule has 0 bridgehead atoms. The Hall–Kier alpha value is -1.70. The number of aryl methyl sites for hydroxylation is 4. The molecule has 0 aliphatic carbocycles. The van der Waals surface area contributed by atoms with Crippen LogP contribution in [-0.2, 0) is 0 Å². The highest BCUT2D eigenvalue weighted by Crippen LogP contribution is 2.08. The van der Waals surface area contributed by atoms with E-state index in [2.05, 4.69) is 39.0 Å². The average molecular weight is 248 g/mol. The average Bonchev–Trinajstić information content (AvgIpc) is 2.30. The fourth-order valence-corrected chi connectivity index (χ4v) is 1.50. The van der Waals surface area contributed by atoms with Crippen LogP contribution < -0.4 is 0 Å². The first-order valence-corrected chi connectivity index (χ1v) is 5.85. The maximum atomic E-state index is 12.3. The van der Waals surface area contributed by atoms with Crippen LogP contribution in [-0.4, -0.2) is 0 Å². The quantitative estimate of drug-likeness (QED) is 0.623. The van der Waals surface area contributed by atoms with Crippen molar-refractivity contribution in [3.8, 4) is 0 Å². The Kier molecular flexibility index (Phi) is 5.02. The zero-order chi connectivity index (χ0) is 13.7. The second-order valence-corrected chi connectivity index (χ2v) is 4.48. The van der Waals surface area contributed by atoms with Crippen LogP contribution >= 0.6 is 0 Å². The van der Waals surface area contributed by atoms with Gasteiger partial charge in [-0.15, -0.1) is 0 Å². The molecular weight excluding hydrogens is 230 g/mol. The van der Waals surface area contributed by atoms with Crippen LogP contribution in [0.25, 0.3) is 0 Å². The van der Waals surface area contributed by atoms with Gasteiger partial charge in [-0.3, -0.25) is 0 Å². The van der Waals surface area contributed by atoms with Gasteiger partial charge in [0, 0.05) is 0 Å². The molecule has 0 N–H and O–H groups in total. The minimum absolute atomic E-state index is 0.343. The lowest BCUT2D eigenvalue weighted by Gasteiger charge is -1.98. The summed E-state index contributed by atoms with van der Waals surface area (Å²) >= 11 is 0. The first kappa shape index (κ1) is 14.4. The van der Waals surface area contributed by atoms with Gasteiger partial charge < -0.3 is 0 Å². The van der Waals surface area contributed by atoms with E-state index in [1.54, 1.807) is 0 Å². The van der Waals surface area contributed by atoms with E-state index in [0.717, 1.165) is 18.2 Å². The number of rotatable bonds is 0. The zero-order valence-electron chi connectivity index (χ0n) is 11.2. The van der Waals surface area contributed by atoms with E-state index in [1.165, 1.54) is 23.6 Å². The van der Waals surface area contributed by atoms with E-state index in [1.807, 2.05) is 0 Å². The van der Waals surface area contributed by atoms with Crippen LogP contribution in [0.2, 0.25) is 0 Å². The summed E-state index contributed by atoms with van der Waals surface area (Å²) in [7, 11) is 0. The number of hydrogen-bond acceptors (Lipinski definition) is 0. The number of benzene rings is 2. The van der Waals surface area contributed by atoms with Gasteiger partial charge in [0.05, 0.1) is 0 Å². The highest BCUT2D eigenvalue weighted by Gasteiger charge is 1.95. The van der Waals surface area contributed by atoms with Gasteiger partial charge in [0.1, 0.15) is 11.6 Å². The molecular formula is C16H18F2. The van der Waals surface area contributed by atoms with Gasteiger partial charge in [-0.05, 0) is 62.6 Å². The van der Waals surface area contributed by atoms with Crippen molar-refractivity contribution >= 4 is 0 Å². The Morgan fingerprint density at radius 3 is 1.78 bits per heavy atom. The first-order valence-electron chi connectivity index (χ1n) is 5.85. The molecule has 0 saturated carbocycles. The lowest BCUT2D eigenvalue weighted by Crippen LogP contribution is -1.81. The molecule has 0 saturated heterocycles. The fraction of sp³-hybridized carbons (Fsp3) is 0.250. The van der Waals surface area contributed by atoms with Crippen LogP contribution in [0.3, 0.4) is 0 Å². The minimum Gasteiger partial charge on any atom is -0.207 e. The predicted octanol–water partition coefficient (Wildman–Crippen LogP) is 4.89. The summed E-state index contributed by atoms with van der Waals surface area (Å²) in [6, 6.07) is 9.88. The smallest absolute Gasteiger partial charge is 0.126 e. The van der Waals surface area contributed by atoms with Crippen molar-refractivity contribution in [2.24, 2.45) is 0 Å². The van der Waals surface area contributed by atoms with Crippen molar-refractivity contribution in [2.45, 2.75) is 27.7 Å². The lowest BCUT2D eigenvalue weighted by molar-refractivity contribution is 0.592. The SMILES string of the molecule is Cc1cc(F)ccc1F.Cc1ccc(C)c(C)c1. The molecule has 2 aromatic carbocycles. The molecule has 0 aromatic heterocycles. The van der Waals surface area contributed by atoms with E-state index in [4.69, 9.17) is 0 Å². The maximum Gasteiger partial charge on any atom is 0.126 e. The van der Waals surface area contributed by atoms with Crippen LogP contribution in [0.15, 0.2) is 36.4 Å². The second kappa shape index (κ2) is 6.29. The van der Waals surface area contributed by atoms with Crippen LogP contribution in [0.4, 0.5) is 8.78 Å². The second-order valence-electron chi connectivity index (χ2n) is 4.48. The standard InChI is InChI=1S/C9H12.C7H6F2/c1-7-4-5-8(2)9(3)6-7;1-5-4-6(8)2-3-7(5)9/h4-6H,1-3H3;2-4H,1H3. The van der Waals surface area contributed by atoms with E-state index in [-0.39, 0.29) is 5.82 Å². The normalized spacial score (nSPS) is 9.67. The first-order chi connectivity index (χ1) is 8.40. The monoisotopic (exact) mass is 248 g/mol. The molecule has 0 unspecified atom stereocenters. The van der Waals surface area contributed by atoms with Crippen LogP contribution in [0.1, 0.15) is 22.3 Å². The van der Waals surface area contributed by atoms with Gasteiger partial charge in [-0.25, -0.2) is 8.78 Å².